The second kappa shape index (κ2) is 8.11. The maximum atomic E-state index is 13.6. The molecule has 0 amide bonds. The van der Waals surface area contributed by atoms with Gasteiger partial charge in [0.15, 0.2) is 0 Å². The summed E-state index contributed by atoms with van der Waals surface area (Å²) in [6.07, 6.45) is -4.83. The number of hydrogen-bond acceptors (Lipinski definition) is 4. The van der Waals surface area contributed by atoms with Gasteiger partial charge < -0.3 is 19.1 Å². The highest BCUT2D eigenvalue weighted by atomic mass is 19.4. The number of alkyl halides is 3. The zero-order chi connectivity index (χ0) is 23.0. The predicted molar refractivity (Wildman–Crippen MR) is 114 cm³/mol. The number of carbonyl (C=O) groups is 1. The second-order valence-corrected chi connectivity index (χ2v) is 7.31. The van der Waals surface area contributed by atoms with Crippen molar-refractivity contribution in [3.8, 4) is 11.5 Å². The normalized spacial score (nSPS) is 11.8. The van der Waals surface area contributed by atoms with Crippen LogP contribution >= 0.6 is 0 Å². The van der Waals surface area contributed by atoms with E-state index in [4.69, 9.17) is 4.74 Å². The van der Waals surface area contributed by atoms with E-state index in [0.29, 0.717) is 28.2 Å². The summed E-state index contributed by atoms with van der Waals surface area (Å²) in [7, 11) is 1.17. The quantitative estimate of drug-likeness (QED) is 0.298. The van der Waals surface area contributed by atoms with Crippen LogP contribution in [0.25, 0.3) is 21.8 Å². The molecule has 8 heteroatoms. The van der Waals surface area contributed by atoms with Crippen molar-refractivity contribution < 1.29 is 32.5 Å². The molecular weight excluding hydrogens is 423 g/mol. The van der Waals surface area contributed by atoms with Crippen molar-refractivity contribution in [3.05, 3.63) is 71.3 Å². The van der Waals surface area contributed by atoms with Gasteiger partial charge in [-0.15, -0.1) is 0 Å². The molecule has 3 aromatic carbocycles. The third-order valence-corrected chi connectivity index (χ3v) is 5.41. The van der Waals surface area contributed by atoms with Crippen LogP contribution in [0.15, 0.2) is 54.6 Å². The number of carbonyl (C=O) groups excluding carboxylic acids is 1. The summed E-state index contributed by atoms with van der Waals surface area (Å²) in [5.74, 6) is 0.0925. The van der Waals surface area contributed by atoms with Gasteiger partial charge in [-0.2, -0.15) is 13.2 Å². The summed E-state index contributed by atoms with van der Waals surface area (Å²) >= 11 is 0. The molecule has 4 rings (SSSR count). The van der Waals surface area contributed by atoms with Crippen LogP contribution < -0.4 is 4.74 Å². The Labute approximate surface area is 181 Å². The molecule has 32 heavy (non-hydrogen) atoms. The number of fused-ring (bicyclic) bond motifs is 3. The van der Waals surface area contributed by atoms with E-state index in [1.807, 2.05) is 13.0 Å². The Kier molecular flexibility index (Phi) is 5.46. The van der Waals surface area contributed by atoms with Gasteiger partial charge in [-0.25, -0.2) is 4.79 Å². The summed E-state index contributed by atoms with van der Waals surface area (Å²) in [6.45, 7) is 1.82. The van der Waals surface area contributed by atoms with Gasteiger partial charge in [-0.1, -0.05) is 31.2 Å². The Balaban J connectivity index is 2.03. The van der Waals surface area contributed by atoms with E-state index >= 15 is 0 Å². The lowest BCUT2D eigenvalue weighted by molar-refractivity contribution is -0.138. The molecule has 0 unspecified atom stereocenters. The number of phenolic OH excluding ortho intramolecular Hbond substituents is 1. The molecule has 0 bridgehead atoms. The SMILES string of the molecule is CCc1cc(O)c2c3c(OC(=O)OC)cccc3n(Cc3ccccc3C(F)(F)F)c2c1. The molecule has 1 heterocycles. The summed E-state index contributed by atoms with van der Waals surface area (Å²) < 4.78 is 52.4. The highest BCUT2D eigenvalue weighted by Crippen LogP contribution is 2.42. The van der Waals surface area contributed by atoms with Gasteiger partial charge in [-0.3, -0.25) is 0 Å². The monoisotopic (exact) mass is 443 g/mol. The minimum absolute atomic E-state index is 0.0480. The number of nitrogens with zero attached hydrogens (tertiary/aromatic N) is 1. The number of phenols is 1. The number of aromatic hydroxyl groups is 1. The van der Waals surface area contributed by atoms with Crippen LogP contribution in [-0.2, 0) is 23.9 Å². The highest BCUT2D eigenvalue weighted by Gasteiger charge is 2.33. The molecule has 0 saturated carbocycles. The van der Waals surface area contributed by atoms with Crippen LogP contribution in [0, 0.1) is 0 Å². The van der Waals surface area contributed by atoms with E-state index in [0.717, 1.165) is 11.6 Å². The van der Waals surface area contributed by atoms with Crippen molar-refractivity contribution in [2.45, 2.75) is 26.1 Å². The molecule has 1 aromatic heterocycles. The Morgan fingerprint density at radius 2 is 1.78 bits per heavy atom. The molecule has 5 nitrogen and oxygen atoms in total. The number of ether oxygens (including phenoxy) is 2. The minimum Gasteiger partial charge on any atom is -0.507 e. The molecule has 0 radical (unpaired) electrons. The van der Waals surface area contributed by atoms with Crippen molar-refractivity contribution in [1.82, 2.24) is 4.57 Å². The van der Waals surface area contributed by atoms with E-state index in [1.165, 1.54) is 19.2 Å². The van der Waals surface area contributed by atoms with Gasteiger partial charge in [0.2, 0.25) is 0 Å². The maximum Gasteiger partial charge on any atom is 0.513 e. The largest absolute Gasteiger partial charge is 0.513 e. The first-order valence-corrected chi connectivity index (χ1v) is 9.92. The third kappa shape index (κ3) is 3.72. The van der Waals surface area contributed by atoms with E-state index in [-0.39, 0.29) is 23.6 Å². The van der Waals surface area contributed by atoms with E-state index < -0.39 is 17.9 Å². The van der Waals surface area contributed by atoms with Gasteiger partial charge in [0, 0.05) is 6.54 Å². The van der Waals surface area contributed by atoms with E-state index in [9.17, 15) is 23.1 Å². The second-order valence-electron chi connectivity index (χ2n) is 7.31. The zero-order valence-corrected chi connectivity index (χ0v) is 17.4. The molecule has 1 N–H and O–H groups in total. The predicted octanol–water partition coefficient (Wildman–Crippen LogP) is 6.27. The van der Waals surface area contributed by atoms with Crippen molar-refractivity contribution in [2.75, 3.05) is 7.11 Å². The van der Waals surface area contributed by atoms with Crippen LogP contribution in [0.3, 0.4) is 0 Å². The number of aryl methyl sites for hydroxylation is 1. The average molecular weight is 443 g/mol. The van der Waals surface area contributed by atoms with E-state index in [2.05, 4.69) is 4.74 Å². The first-order chi connectivity index (χ1) is 15.2. The summed E-state index contributed by atoms with van der Waals surface area (Å²) in [6, 6.07) is 13.7. The summed E-state index contributed by atoms with van der Waals surface area (Å²) in [5, 5.41) is 11.6. The standard InChI is InChI=1S/C24H20F3NO4/c1-3-14-11-18-21(19(29)12-14)22-17(9-6-10-20(22)32-23(30)31-2)28(18)13-15-7-4-5-8-16(15)24(25,26)27/h4-12,29H,3,13H2,1-2H3. The van der Waals surface area contributed by atoms with Crippen molar-refractivity contribution in [1.29, 1.82) is 0 Å². The smallest absolute Gasteiger partial charge is 0.507 e. The molecular formula is C24H20F3NO4. The van der Waals surface area contributed by atoms with Gasteiger partial charge in [-0.05, 0) is 47.9 Å². The number of aromatic nitrogens is 1. The average Bonchev–Trinajstić information content (AvgIpc) is 3.08. The number of methoxy groups -OCH3 is 1. The number of halogens is 3. The first-order valence-electron chi connectivity index (χ1n) is 9.92. The molecule has 0 atom stereocenters. The van der Waals surface area contributed by atoms with Crippen LogP contribution in [0.2, 0.25) is 0 Å². The summed E-state index contributed by atoms with van der Waals surface area (Å²) in [5.41, 5.74) is 1.22. The fraction of sp³-hybridized carbons (Fsp3) is 0.208. The molecule has 0 aliphatic heterocycles. The van der Waals surface area contributed by atoms with Crippen LogP contribution in [0.1, 0.15) is 23.6 Å². The number of hydrogen-bond donors (Lipinski definition) is 1. The number of rotatable bonds is 4. The van der Waals surface area contributed by atoms with E-state index in [1.54, 1.807) is 34.9 Å². The van der Waals surface area contributed by atoms with Crippen LogP contribution in [0.4, 0.5) is 18.0 Å². The Morgan fingerprint density at radius 1 is 1.03 bits per heavy atom. The van der Waals surface area contributed by atoms with Crippen molar-refractivity contribution in [3.63, 3.8) is 0 Å². The summed E-state index contributed by atoms with van der Waals surface area (Å²) in [4.78, 5) is 11.8. The van der Waals surface area contributed by atoms with Crippen LogP contribution in [-0.4, -0.2) is 22.9 Å². The molecule has 0 aliphatic carbocycles. The van der Waals surface area contributed by atoms with Crippen molar-refractivity contribution in [2.24, 2.45) is 0 Å². The lowest BCUT2D eigenvalue weighted by atomic mass is 10.1. The third-order valence-electron chi connectivity index (χ3n) is 5.41. The Morgan fingerprint density at radius 3 is 2.47 bits per heavy atom. The van der Waals surface area contributed by atoms with Gasteiger partial charge in [0.1, 0.15) is 11.5 Å². The van der Waals surface area contributed by atoms with Crippen LogP contribution in [0.5, 0.6) is 11.5 Å². The first kappa shape index (κ1) is 21.5. The molecule has 0 saturated heterocycles. The minimum atomic E-state index is -4.51. The Hall–Kier alpha value is -3.68. The highest BCUT2D eigenvalue weighted by molar-refractivity contribution is 6.14. The van der Waals surface area contributed by atoms with Gasteiger partial charge >= 0.3 is 12.3 Å². The fourth-order valence-corrected chi connectivity index (χ4v) is 3.96. The van der Waals surface area contributed by atoms with Gasteiger partial charge in [0.05, 0.1) is 34.5 Å². The lowest BCUT2D eigenvalue weighted by Crippen LogP contribution is -2.11. The van der Waals surface area contributed by atoms with Crippen molar-refractivity contribution >= 4 is 28.0 Å². The molecule has 0 aliphatic rings. The lowest BCUT2D eigenvalue weighted by Gasteiger charge is -2.15. The topological polar surface area (TPSA) is 60.7 Å². The zero-order valence-electron chi connectivity index (χ0n) is 17.4. The molecule has 4 aromatic rings. The number of benzene rings is 3. The fourth-order valence-electron chi connectivity index (χ4n) is 3.96. The van der Waals surface area contributed by atoms with Gasteiger partial charge in [0.25, 0.3) is 0 Å². The Bertz CT molecular complexity index is 1320. The molecule has 166 valence electrons. The molecule has 0 spiro atoms. The maximum absolute atomic E-state index is 13.6. The molecule has 0 fully saturated rings.